The molecule has 0 saturated carbocycles. The number of hydrogen-bond donors (Lipinski definition) is 0. The summed E-state index contributed by atoms with van der Waals surface area (Å²) >= 11 is 0. The van der Waals surface area contributed by atoms with Gasteiger partial charge in [0.1, 0.15) is 5.69 Å². The van der Waals surface area contributed by atoms with Crippen molar-refractivity contribution in [2.75, 3.05) is 6.54 Å². The Morgan fingerprint density at radius 2 is 1.72 bits per heavy atom. The van der Waals surface area contributed by atoms with Crippen LogP contribution in [0.4, 0.5) is 0 Å². The summed E-state index contributed by atoms with van der Waals surface area (Å²) in [6.45, 7) is 5.02. The number of carbonyl (C=O) groups excluding carboxylic acids is 1. The highest BCUT2D eigenvalue weighted by Gasteiger charge is 2.26. The summed E-state index contributed by atoms with van der Waals surface area (Å²) in [4.78, 5) is 24.0. The van der Waals surface area contributed by atoms with Gasteiger partial charge in [-0.2, -0.15) is 5.10 Å². The molecule has 1 saturated heterocycles. The van der Waals surface area contributed by atoms with Crippen LogP contribution in [-0.4, -0.2) is 43.0 Å². The van der Waals surface area contributed by atoms with Crippen LogP contribution in [0, 0.1) is 0 Å². The molecule has 1 aromatic carbocycles. The van der Waals surface area contributed by atoms with E-state index in [0.717, 1.165) is 53.9 Å². The minimum absolute atomic E-state index is 0.0267. The third-order valence-corrected chi connectivity index (χ3v) is 6.34. The number of nitrogens with zero attached hydrogens (tertiary/aromatic N) is 5. The Labute approximate surface area is 187 Å². The van der Waals surface area contributed by atoms with Crippen molar-refractivity contribution in [3.8, 4) is 22.4 Å². The van der Waals surface area contributed by atoms with Crippen molar-refractivity contribution >= 4 is 11.6 Å². The highest BCUT2D eigenvalue weighted by atomic mass is 16.2. The first-order chi connectivity index (χ1) is 15.6. The molecule has 0 radical (unpaired) electrons. The Bertz CT molecular complexity index is 1250. The molecular formula is C26H27N5O. The molecule has 1 atom stereocenters. The number of likely N-dealkylation sites (tertiary alicyclic amines) is 1. The molecule has 1 fully saturated rings. The Hall–Kier alpha value is -3.54. The molecule has 162 valence electrons. The zero-order valence-electron chi connectivity index (χ0n) is 18.5. The number of aromatic nitrogens is 4. The number of aryl methyl sites for hydroxylation is 1. The van der Waals surface area contributed by atoms with Gasteiger partial charge < -0.3 is 4.90 Å². The van der Waals surface area contributed by atoms with Crippen molar-refractivity contribution in [3.63, 3.8) is 0 Å². The van der Waals surface area contributed by atoms with Crippen LogP contribution in [0.3, 0.4) is 0 Å². The normalized spacial score (nSPS) is 16.4. The molecule has 1 unspecified atom stereocenters. The second kappa shape index (κ2) is 8.54. The zero-order chi connectivity index (χ0) is 22.1. The van der Waals surface area contributed by atoms with E-state index in [-0.39, 0.29) is 11.9 Å². The molecule has 0 bridgehead atoms. The molecule has 0 N–H and O–H groups in total. The van der Waals surface area contributed by atoms with Crippen LogP contribution in [0.1, 0.15) is 49.3 Å². The molecule has 0 aliphatic carbocycles. The summed E-state index contributed by atoms with van der Waals surface area (Å²) in [5.41, 5.74) is 6.36. The summed E-state index contributed by atoms with van der Waals surface area (Å²) < 4.78 is 1.86. The first kappa shape index (κ1) is 20.4. The lowest BCUT2D eigenvalue weighted by Gasteiger charge is -2.33. The van der Waals surface area contributed by atoms with Crippen molar-refractivity contribution in [1.29, 1.82) is 0 Å². The van der Waals surface area contributed by atoms with E-state index in [1.807, 2.05) is 33.7 Å². The van der Waals surface area contributed by atoms with Gasteiger partial charge >= 0.3 is 0 Å². The minimum Gasteiger partial charge on any atom is -0.335 e. The van der Waals surface area contributed by atoms with E-state index >= 15 is 0 Å². The van der Waals surface area contributed by atoms with E-state index in [0.29, 0.717) is 11.3 Å². The fourth-order valence-corrected chi connectivity index (χ4v) is 4.46. The lowest BCUT2D eigenvalue weighted by atomic mass is 10.0. The minimum atomic E-state index is 0.0267. The number of carbonyl (C=O) groups is 1. The summed E-state index contributed by atoms with van der Waals surface area (Å²) in [6.07, 6.45) is 7.67. The van der Waals surface area contributed by atoms with Crippen LogP contribution < -0.4 is 0 Å². The average Bonchev–Trinajstić information content (AvgIpc) is 3.28. The predicted octanol–water partition coefficient (Wildman–Crippen LogP) is 5.04. The van der Waals surface area contributed by atoms with Gasteiger partial charge in [-0.1, -0.05) is 31.2 Å². The van der Waals surface area contributed by atoms with E-state index in [2.05, 4.69) is 43.1 Å². The quantitative estimate of drug-likeness (QED) is 0.460. The molecule has 0 spiro atoms. The Morgan fingerprint density at radius 3 is 2.44 bits per heavy atom. The summed E-state index contributed by atoms with van der Waals surface area (Å²) in [7, 11) is 0. The van der Waals surface area contributed by atoms with Gasteiger partial charge in [0.2, 0.25) is 0 Å². The summed E-state index contributed by atoms with van der Waals surface area (Å²) in [5.74, 6) is 0.0267. The highest BCUT2D eigenvalue weighted by Crippen LogP contribution is 2.26. The van der Waals surface area contributed by atoms with Gasteiger partial charge in [-0.3, -0.25) is 9.78 Å². The van der Waals surface area contributed by atoms with Gasteiger partial charge in [-0.15, -0.1) is 0 Å². The van der Waals surface area contributed by atoms with E-state index < -0.39 is 0 Å². The molecule has 4 aromatic rings. The molecule has 4 heterocycles. The fourth-order valence-electron chi connectivity index (χ4n) is 4.46. The molecule has 6 heteroatoms. The number of rotatable bonds is 4. The first-order valence-electron chi connectivity index (χ1n) is 11.4. The maximum atomic E-state index is 13.2. The molecule has 6 nitrogen and oxygen atoms in total. The lowest BCUT2D eigenvalue weighted by Crippen LogP contribution is -2.42. The molecule has 32 heavy (non-hydrogen) atoms. The summed E-state index contributed by atoms with van der Waals surface area (Å²) in [6, 6.07) is 16.5. The third-order valence-electron chi connectivity index (χ3n) is 6.34. The van der Waals surface area contributed by atoms with Crippen molar-refractivity contribution in [1.82, 2.24) is 24.5 Å². The number of benzene rings is 1. The van der Waals surface area contributed by atoms with E-state index in [9.17, 15) is 4.79 Å². The van der Waals surface area contributed by atoms with Gasteiger partial charge in [-0.05, 0) is 61.9 Å². The fraction of sp³-hybridized carbons (Fsp3) is 0.308. The maximum Gasteiger partial charge on any atom is 0.272 e. The summed E-state index contributed by atoms with van der Waals surface area (Å²) in [5, 5.41) is 4.80. The molecule has 1 aliphatic heterocycles. The van der Waals surface area contributed by atoms with Crippen molar-refractivity contribution < 1.29 is 4.79 Å². The van der Waals surface area contributed by atoms with Gasteiger partial charge in [0.15, 0.2) is 5.65 Å². The lowest BCUT2D eigenvalue weighted by molar-refractivity contribution is 0.0629. The predicted molar refractivity (Wildman–Crippen MR) is 125 cm³/mol. The Morgan fingerprint density at radius 1 is 1.00 bits per heavy atom. The number of piperidine rings is 1. The number of hydrogen-bond acceptors (Lipinski definition) is 4. The number of amides is 1. The van der Waals surface area contributed by atoms with Gasteiger partial charge in [-0.25, -0.2) is 9.50 Å². The molecule has 1 amide bonds. The molecule has 3 aromatic heterocycles. The smallest absolute Gasteiger partial charge is 0.272 e. The van der Waals surface area contributed by atoms with Gasteiger partial charge in [0.05, 0.1) is 5.69 Å². The van der Waals surface area contributed by atoms with Crippen molar-refractivity contribution in [2.24, 2.45) is 0 Å². The standard InChI is InChI=1S/C26H27N5O/c1-3-22-16-24(26(32)30-15-5-4-6-18(30)2)28-25-17-23(29-31(22)25)21-9-7-19(8-10-21)20-11-13-27-14-12-20/h7-14,16-18H,3-6,15H2,1-2H3. The SMILES string of the molecule is CCc1cc(C(=O)N2CCCCC2C)nc2cc(-c3ccc(-c4ccncc4)cc3)nn12. The van der Waals surface area contributed by atoms with Gasteiger partial charge in [0, 0.05) is 42.3 Å². The van der Waals surface area contributed by atoms with Crippen molar-refractivity contribution in [3.05, 3.63) is 72.3 Å². The van der Waals surface area contributed by atoms with Crippen molar-refractivity contribution in [2.45, 2.75) is 45.6 Å². The number of pyridine rings is 1. The van der Waals surface area contributed by atoms with E-state index in [1.54, 1.807) is 12.4 Å². The largest absolute Gasteiger partial charge is 0.335 e. The highest BCUT2D eigenvalue weighted by molar-refractivity contribution is 5.93. The van der Waals surface area contributed by atoms with Crippen LogP contribution in [0.15, 0.2) is 60.9 Å². The monoisotopic (exact) mass is 425 g/mol. The molecule has 1 aliphatic rings. The second-order valence-corrected chi connectivity index (χ2v) is 8.44. The van der Waals surface area contributed by atoms with Crippen LogP contribution in [-0.2, 0) is 6.42 Å². The van der Waals surface area contributed by atoms with Gasteiger partial charge in [0.25, 0.3) is 5.91 Å². The molecular weight excluding hydrogens is 398 g/mol. The second-order valence-electron chi connectivity index (χ2n) is 8.44. The number of fused-ring (bicyclic) bond motifs is 1. The van der Waals surface area contributed by atoms with Crippen LogP contribution in [0.5, 0.6) is 0 Å². The third kappa shape index (κ3) is 3.77. The van der Waals surface area contributed by atoms with E-state index in [1.165, 1.54) is 6.42 Å². The zero-order valence-corrected chi connectivity index (χ0v) is 18.5. The van der Waals surface area contributed by atoms with Crippen LogP contribution >= 0.6 is 0 Å². The average molecular weight is 426 g/mol. The maximum absolute atomic E-state index is 13.2. The Kier molecular flexibility index (Phi) is 5.43. The van der Waals surface area contributed by atoms with Crippen LogP contribution in [0.25, 0.3) is 28.0 Å². The van der Waals surface area contributed by atoms with Crippen LogP contribution in [0.2, 0.25) is 0 Å². The topological polar surface area (TPSA) is 63.4 Å². The Balaban J connectivity index is 1.49. The van der Waals surface area contributed by atoms with E-state index in [4.69, 9.17) is 10.1 Å². The first-order valence-corrected chi connectivity index (χ1v) is 11.4. The molecule has 5 rings (SSSR count).